The standard InChI is InChI=1S/C18H21NO2/c1-2-5-15(6-3-1)14-21-17-9-7-16(8-10-17)18-13-19-11-4-12-20-18/h1-3,5-10,18-19H,4,11-14H2. The van der Waals surface area contributed by atoms with Crippen LogP contribution in [-0.2, 0) is 11.3 Å². The molecule has 1 aliphatic rings. The summed E-state index contributed by atoms with van der Waals surface area (Å²) in [5, 5.41) is 3.40. The van der Waals surface area contributed by atoms with E-state index >= 15 is 0 Å². The molecule has 0 aromatic heterocycles. The minimum absolute atomic E-state index is 0.149. The number of ether oxygens (including phenoxy) is 2. The molecule has 3 nitrogen and oxygen atoms in total. The van der Waals surface area contributed by atoms with Crippen LogP contribution < -0.4 is 10.1 Å². The smallest absolute Gasteiger partial charge is 0.119 e. The molecule has 1 heterocycles. The molecule has 1 unspecified atom stereocenters. The van der Waals surface area contributed by atoms with Crippen molar-refractivity contribution in [2.75, 3.05) is 19.7 Å². The molecular weight excluding hydrogens is 262 g/mol. The number of benzene rings is 2. The maximum atomic E-state index is 5.85. The molecule has 2 aromatic rings. The van der Waals surface area contributed by atoms with E-state index < -0.39 is 0 Å². The van der Waals surface area contributed by atoms with Gasteiger partial charge >= 0.3 is 0 Å². The minimum Gasteiger partial charge on any atom is -0.489 e. The summed E-state index contributed by atoms with van der Waals surface area (Å²) in [5.74, 6) is 0.893. The van der Waals surface area contributed by atoms with E-state index in [2.05, 4.69) is 29.6 Å². The zero-order chi connectivity index (χ0) is 14.3. The molecular formula is C18H21NO2. The zero-order valence-corrected chi connectivity index (χ0v) is 12.1. The number of hydrogen-bond acceptors (Lipinski definition) is 3. The fourth-order valence-corrected chi connectivity index (χ4v) is 2.45. The largest absolute Gasteiger partial charge is 0.489 e. The molecule has 0 radical (unpaired) electrons. The Labute approximate surface area is 125 Å². The number of hydrogen-bond donors (Lipinski definition) is 1. The number of nitrogens with one attached hydrogen (secondary N) is 1. The van der Waals surface area contributed by atoms with Crippen LogP contribution in [-0.4, -0.2) is 19.7 Å². The van der Waals surface area contributed by atoms with E-state index in [1.807, 2.05) is 30.3 Å². The van der Waals surface area contributed by atoms with E-state index in [0.29, 0.717) is 6.61 Å². The van der Waals surface area contributed by atoms with Crippen molar-refractivity contribution in [3.63, 3.8) is 0 Å². The van der Waals surface area contributed by atoms with Crippen LogP contribution in [0.4, 0.5) is 0 Å². The average Bonchev–Trinajstić information content (AvgIpc) is 2.84. The van der Waals surface area contributed by atoms with Crippen molar-refractivity contribution in [2.24, 2.45) is 0 Å². The first kappa shape index (κ1) is 14.1. The van der Waals surface area contributed by atoms with E-state index in [1.165, 1.54) is 11.1 Å². The first-order chi connectivity index (χ1) is 10.4. The van der Waals surface area contributed by atoms with Gasteiger partial charge in [0, 0.05) is 13.2 Å². The van der Waals surface area contributed by atoms with Gasteiger partial charge in [-0.25, -0.2) is 0 Å². The van der Waals surface area contributed by atoms with Crippen LogP contribution in [0.3, 0.4) is 0 Å². The van der Waals surface area contributed by atoms with Crippen LogP contribution in [0.15, 0.2) is 54.6 Å². The van der Waals surface area contributed by atoms with Gasteiger partial charge < -0.3 is 14.8 Å². The Kier molecular flexibility index (Phi) is 4.87. The van der Waals surface area contributed by atoms with E-state index in [9.17, 15) is 0 Å². The Morgan fingerprint density at radius 3 is 2.67 bits per heavy atom. The third kappa shape index (κ3) is 4.06. The van der Waals surface area contributed by atoms with Crippen molar-refractivity contribution in [3.8, 4) is 5.75 Å². The molecule has 1 fully saturated rings. The highest BCUT2D eigenvalue weighted by molar-refractivity contribution is 5.29. The Balaban J connectivity index is 1.58. The van der Waals surface area contributed by atoms with Crippen LogP contribution in [0.25, 0.3) is 0 Å². The van der Waals surface area contributed by atoms with Crippen molar-refractivity contribution >= 4 is 0 Å². The predicted molar refractivity (Wildman–Crippen MR) is 83.4 cm³/mol. The van der Waals surface area contributed by atoms with Gasteiger partial charge in [-0.3, -0.25) is 0 Å². The molecule has 0 spiro atoms. The van der Waals surface area contributed by atoms with Crippen LogP contribution >= 0.6 is 0 Å². The summed E-state index contributed by atoms with van der Waals surface area (Å²) in [6.45, 7) is 3.34. The van der Waals surface area contributed by atoms with Crippen molar-refractivity contribution < 1.29 is 9.47 Å². The van der Waals surface area contributed by atoms with Gasteiger partial charge in [-0.2, -0.15) is 0 Å². The summed E-state index contributed by atoms with van der Waals surface area (Å²) in [6, 6.07) is 18.4. The molecule has 1 saturated heterocycles. The third-order valence-electron chi connectivity index (χ3n) is 3.65. The van der Waals surface area contributed by atoms with E-state index in [0.717, 1.165) is 31.9 Å². The fourth-order valence-electron chi connectivity index (χ4n) is 2.45. The summed E-state index contributed by atoms with van der Waals surface area (Å²) >= 11 is 0. The van der Waals surface area contributed by atoms with Gasteiger partial charge in [0.15, 0.2) is 0 Å². The lowest BCUT2D eigenvalue weighted by molar-refractivity contribution is 0.0668. The van der Waals surface area contributed by atoms with Gasteiger partial charge in [0.2, 0.25) is 0 Å². The second-order valence-electron chi connectivity index (χ2n) is 5.26. The quantitative estimate of drug-likeness (QED) is 0.933. The van der Waals surface area contributed by atoms with Gasteiger partial charge in [0.1, 0.15) is 12.4 Å². The summed E-state index contributed by atoms with van der Waals surface area (Å²) in [7, 11) is 0. The Hall–Kier alpha value is -1.84. The highest BCUT2D eigenvalue weighted by atomic mass is 16.5. The molecule has 1 N–H and O–H groups in total. The molecule has 0 saturated carbocycles. The molecule has 0 bridgehead atoms. The molecule has 2 aromatic carbocycles. The second kappa shape index (κ2) is 7.25. The highest BCUT2D eigenvalue weighted by Crippen LogP contribution is 2.22. The van der Waals surface area contributed by atoms with Gasteiger partial charge in [-0.15, -0.1) is 0 Å². The molecule has 1 atom stereocenters. The van der Waals surface area contributed by atoms with Crippen molar-refractivity contribution in [1.29, 1.82) is 0 Å². The first-order valence-electron chi connectivity index (χ1n) is 7.51. The lowest BCUT2D eigenvalue weighted by Crippen LogP contribution is -2.19. The molecule has 21 heavy (non-hydrogen) atoms. The molecule has 1 aliphatic heterocycles. The summed E-state index contributed by atoms with van der Waals surface area (Å²) in [5.41, 5.74) is 2.38. The topological polar surface area (TPSA) is 30.5 Å². The van der Waals surface area contributed by atoms with Gasteiger partial charge in [0.05, 0.1) is 6.10 Å². The van der Waals surface area contributed by atoms with Crippen LogP contribution in [0.1, 0.15) is 23.7 Å². The lowest BCUT2D eigenvalue weighted by atomic mass is 10.1. The summed E-state index contributed by atoms with van der Waals surface area (Å²) in [6.07, 6.45) is 1.23. The highest BCUT2D eigenvalue weighted by Gasteiger charge is 2.14. The van der Waals surface area contributed by atoms with E-state index in [1.54, 1.807) is 0 Å². The molecule has 0 aliphatic carbocycles. The molecule has 0 amide bonds. The average molecular weight is 283 g/mol. The van der Waals surface area contributed by atoms with Crippen LogP contribution in [0.5, 0.6) is 5.75 Å². The zero-order valence-electron chi connectivity index (χ0n) is 12.1. The fraction of sp³-hybridized carbons (Fsp3) is 0.333. The lowest BCUT2D eigenvalue weighted by Gasteiger charge is -2.16. The Morgan fingerprint density at radius 1 is 1.05 bits per heavy atom. The molecule has 3 rings (SSSR count). The normalized spacial score (nSPS) is 19.0. The Bertz CT molecular complexity index is 531. The van der Waals surface area contributed by atoms with Crippen molar-refractivity contribution in [3.05, 3.63) is 65.7 Å². The molecule has 110 valence electrons. The maximum Gasteiger partial charge on any atom is 0.119 e. The third-order valence-corrected chi connectivity index (χ3v) is 3.65. The second-order valence-corrected chi connectivity index (χ2v) is 5.26. The van der Waals surface area contributed by atoms with Crippen molar-refractivity contribution in [1.82, 2.24) is 5.32 Å². The Morgan fingerprint density at radius 2 is 1.86 bits per heavy atom. The van der Waals surface area contributed by atoms with Crippen LogP contribution in [0, 0.1) is 0 Å². The van der Waals surface area contributed by atoms with Crippen LogP contribution in [0.2, 0.25) is 0 Å². The van der Waals surface area contributed by atoms with Gasteiger partial charge in [0.25, 0.3) is 0 Å². The van der Waals surface area contributed by atoms with E-state index in [4.69, 9.17) is 9.47 Å². The predicted octanol–water partition coefficient (Wildman–Crippen LogP) is 3.32. The first-order valence-corrected chi connectivity index (χ1v) is 7.51. The van der Waals surface area contributed by atoms with E-state index in [-0.39, 0.29) is 6.10 Å². The summed E-state index contributed by atoms with van der Waals surface area (Å²) in [4.78, 5) is 0. The number of rotatable bonds is 4. The van der Waals surface area contributed by atoms with Crippen molar-refractivity contribution in [2.45, 2.75) is 19.1 Å². The maximum absolute atomic E-state index is 5.85. The SMILES string of the molecule is c1ccc(COc2ccc(C3CNCCCO3)cc2)cc1. The van der Waals surface area contributed by atoms with Gasteiger partial charge in [-0.1, -0.05) is 42.5 Å². The minimum atomic E-state index is 0.149. The van der Waals surface area contributed by atoms with Gasteiger partial charge in [-0.05, 0) is 36.2 Å². The monoisotopic (exact) mass is 283 g/mol. The molecule has 3 heteroatoms. The summed E-state index contributed by atoms with van der Waals surface area (Å²) < 4.78 is 11.7.